The van der Waals surface area contributed by atoms with E-state index in [2.05, 4.69) is 36.1 Å². The molecule has 1 atom stereocenters. The molecule has 2 aromatic heterocycles. The van der Waals surface area contributed by atoms with Crippen LogP contribution in [-0.2, 0) is 0 Å². The summed E-state index contributed by atoms with van der Waals surface area (Å²) >= 11 is 0. The third-order valence-electron chi connectivity index (χ3n) is 4.39. The van der Waals surface area contributed by atoms with E-state index >= 15 is 0 Å². The van der Waals surface area contributed by atoms with E-state index < -0.39 is 0 Å². The quantitative estimate of drug-likeness (QED) is 0.935. The Balaban J connectivity index is 1.53. The van der Waals surface area contributed by atoms with Gasteiger partial charge in [-0.3, -0.25) is 5.10 Å². The minimum Gasteiger partial charge on any atom is -0.356 e. The van der Waals surface area contributed by atoms with Crippen molar-refractivity contribution >= 4 is 5.82 Å². The number of rotatable bonds is 3. The Hall–Kier alpha value is -1.98. The van der Waals surface area contributed by atoms with Crippen LogP contribution in [-0.4, -0.2) is 38.2 Å². The average Bonchev–Trinajstić information content (AvgIpc) is 3.29. The fourth-order valence-corrected chi connectivity index (χ4v) is 3.08. The number of hydrogen-bond acceptors (Lipinski definition) is 5. The fraction of sp³-hybridized carbons (Fsp3) is 0.600. The summed E-state index contributed by atoms with van der Waals surface area (Å²) in [7, 11) is 0. The molecule has 1 aliphatic carbocycles. The molecule has 1 saturated heterocycles. The maximum absolute atomic E-state index is 4.49. The molecular formula is C15H20N6. The van der Waals surface area contributed by atoms with Gasteiger partial charge in [0.1, 0.15) is 18.0 Å². The predicted molar refractivity (Wildman–Crippen MR) is 79.3 cm³/mol. The lowest BCUT2D eigenvalue weighted by Crippen LogP contribution is -2.35. The van der Waals surface area contributed by atoms with Crippen molar-refractivity contribution in [3.63, 3.8) is 0 Å². The lowest BCUT2D eigenvalue weighted by molar-refractivity contribution is 0.489. The summed E-state index contributed by atoms with van der Waals surface area (Å²) < 4.78 is 0. The maximum Gasteiger partial charge on any atom is 0.155 e. The molecule has 1 aliphatic heterocycles. The molecule has 1 saturated carbocycles. The Morgan fingerprint density at radius 1 is 1.19 bits per heavy atom. The number of piperidine rings is 1. The second-order valence-electron chi connectivity index (χ2n) is 6.14. The molecule has 110 valence electrons. The van der Waals surface area contributed by atoms with Gasteiger partial charge in [0.15, 0.2) is 5.82 Å². The van der Waals surface area contributed by atoms with E-state index in [1.165, 1.54) is 18.5 Å². The van der Waals surface area contributed by atoms with E-state index in [1.807, 2.05) is 6.92 Å². The first-order chi connectivity index (χ1) is 10.3. The molecule has 6 nitrogen and oxygen atoms in total. The van der Waals surface area contributed by atoms with Crippen LogP contribution in [0.3, 0.4) is 0 Å². The number of nitrogens with zero attached hydrogens (tertiary/aromatic N) is 5. The molecule has 2 aliphatic rings. The number of nitrogens with one attached hydrogen (secondary N) is 1. The van der Waals surface area contributed by atoms with E-state index in [4.69, 9.17) is 0 Å². The molecule has 0 radical (unpaired) electrons. The largest absolute Gasteiger partial charge is 0.356 e. The lowest BCUT2D eigenvalue weighted by atomic mass is 9.97. The lowest BCUT2D eigenvalue weighted by Gasteiger charge is -2.32. The van der Waals surface area contributed by atoms with Crippen molar-refractivity contribution in [2.45, 2.75) is 44.4 Å². The molecule has 0 amide bonds. The Kier molecular flexibility index (Phi) is 3.09. The van der Waals surface area contributed by atoms with Crippen LogP contribution in [0.2, 0.25) is 0 Å². The van der Waals surface area contributed by atoms with Gasteiger partial charge in [-0.2, -0.15) is 5.10 Å². The minimum absolute atomic E-state index is 0.392. The molecule has 2 aromatic rings. The second-order valence-corrected chi connectivity index (χ2v) is 6.14. The molecule has 0 spiro atoms. The first-order valence-electron chi connectivity index (χ1n) is 7.75. The summed E-state index contributed by atoms with van der Waals surface area (Å²) in [5, 5.41) is 7.28. The molecule has 0 unspecified atom stereocenters. The third kappa shape index (κ3) is 2.62. The Bertz CT molecular complexity index is 633. The van der Waals surface area contributed by atoms with E-state index in [9.17, 15) is 0 Å². The van der Waals surface area contributed by atoms with E-state index in [0.29, 0.717) is 11.8 Å². The zero-order chi connectivity index (χ0) is 14.2. The molecule has 4 rings (SSSR count). The highest BCUT2D eigenvalue weighted by Crippen LogP contribution is 2.39. The summed E-state index contributed by atoms with van der Waals surface area (Å²) in [4.78, 5) is 15.7. The van der Waals surface area contributed by atoms with Crippen LogP contribution in [0.1, 0.15) is 54.9 Å². The van der Waals surface area contributed by atoms with Gasteiger partial charge in [0.25, 0.3) is 0 Å². The molecule has 2 fully saturated rings. The molecule has 0 aromatic carbocycles. The van der Waals surface area contributed by atoms with E-state index in [-0.39, 0.29) is 0 Å². The highest BCUT2D eigenvalue weighted by molar-refractivity contribution is 5.41. The van der Waals surface area contributed by atoms with Gasteiger partial charge in [0.2, 0.25) is 0 Å². The highest BCUT2D eigenvalue weighted by atomic mass is 15.2. The van der Waals surface area contributed by atoms with Gasteiger partial charge < -0.3 is 4.90 Å². The molecule has 6 heteroatoms. The van der Waals surface area contributed by atoms with Crippen molar-refractivity contribution in [1.29, 1.82) is 0 Å². The topological polar surface area (TPSA) is 70.6 Å². The smallest absolute Gasteiger partial charge is 0.155 e. The number of aromatic nitrogens is 5. The summed E-state index contributed by atoms with van der Waals surface area (Å²) in [5.41, 5.74) is 1.20. The zero-order valence-corrected chi connectivity index (χ0v) is 12.3. The first kappa shape index (κ1) is 12.7. The fourth-order valence-electron chi connectivity index (χ4n) is 3.08. The molecular weight excluding hydrogens is 264 g/mol. The van der Waals surface area contributed by atoms with Gasteiger partial charge in [-0.05, 0) is 32.6 Å². The second kappa shape index (κ2) is 5.09. The molecule has 3 heterocycles. The highest BCUT2D eigenvalue weighted by Gasteiger charge is 2.28. The van der Waals surface area contributed by atoms with Crippen molar-refractivity contribution in [1.82, 2.24) is 25.1 Å². The first-order valence-corrected chi connectivity index (χ1v) is 7.75. The zero-order valence-electron chi connectivity index (χ0n) is 12.3. The van der Waals surface area contributed by atoms with Gasteiger partial charge in [-0.25, -0.2) is 15.0 Å². The van der Waals surface area contributed by atoms with Crippen molar-refractivity contribution in [2.75, 3.05) is 18.0 Å². The van der Waals surface area contributed by atoms with Gasteiger partial charge in [-0.1, -0.05) is 0 Å². The van der Waals surface area contributed by atoms with Crippen LogP contribution in [0.25, 0.3) is 0 Å². The van der Waals surface area contributed by atoms with Crippen LogP contribution in [0.15, 0.2) is 12.4 Å². The van der Waals surface area contributed by atoms with Crippen molar-refractivity contribution in [2.24, 2.45) is 0 Å². The minimum atomic E-state index is 0.392. The number of aryl methyl sites for hydroxylation is 1. The summed E-state index contributed by atoms with van der Waals surface area (Å²) in [6.45, 7) is 3.95. The van der Waals surface area contributed by atoms with E-state index in [1.54, 1.807) is 6.33 Å². The standard InChI is InChI=1S/C15H20N6/c1-10-18-15(20-19-10)12-3-2-6-21(8-12)14-7-13(11-4-5-11)16-9-17-14/h7,9,11-12H,2-6,8H2,1H3,(H,18,19,20)/t12-/m0/s1. The average molecular weight is 284 g/mol. The Labute approximate surface area is 124 Å². The summed E-state index contributed by atoms with van der Waals surface area (Å²) in [6, 6.07) is 2.17. The van der Waals surface area contributed by atoms with Crippen LogP contribution < -0.4 is 4.90 Å². The van der Waals surface area contributed by atoms with Gasteiger partial charge in [0, 0.05) is 36.7 Å². The number of hydrogen-bond donors (Lipinski definition) is 1. The molecule has 0 bridgehead atoms. The molecule has 21 heavy (non-hydrogen) atoms. The van der Waals surface area contributed by atoms with Crippen LogP contribution in [0.5, 0.6) is 0 Å². The normalized spacial score (nSPS) is 22.5. The summed E-state index contributed by atoms with van der Waals surface area (Å²) in [5.74, 6) is 3.95. The maximum atomic E-state index is 4.49. The number of aromatic amines is 1. The summed E-state index contributed by atoms with van der Waals surface area (Å²) in [6.07, 6.45) is 6.56. The Morgan fingerprint density at radius 2 is 2.10 bits per heavy atom. The van der Waals surface area contributed by atoms with Crippen LogP contribution >= 0.6 is 0 Å². The van der Waals surface area contributed by atoms with Gasteiger partial charge in [-0.15, -0.1) is 0 Å². The van der Waals surface area contributed by atoms with Crippen molar-refractivity contribution < 1.29 is 0 Å². The SMILES string of the molecule is Cc1nc([C@H]2CCCN(c3cc(C4CC4)ncn3)C2)n[nH]1. The predicted octanol–water partition coefficient (Wildman–Crippen LogP) is 2.16. The van der Waals surface area contributed by atoms with E-state index in [0.717, 1.165) is 43.4 Å². The van der Waals surface area contributed by atoms with Crippen molar-refractivity contribution in [3.05, 3.63) is 29.7 Å². The van der Waals surface area contributed by atoms with Crippen molar-refractivity contribution in [3.8, 4) is 0 Å². The number of anilines is 1. The van der Waals surface area contributed by atoms with Crippen LogP contribution in [0, 0.1) is 6.92 Å². The third-order valence-corrected chi connectivity index (χ3v) is 4.39. The molecule has 1 N–H and O–H groups in total. The number of H-pyrrole nitrogens is 1. The van der Waals surface area contributed by atoms with Gasteiger partial charge in [0.05, 0.1) is 0 Å². The Morgan fingerprint density at radius 3 is 2.86 bits per heavy atom. The van der Waals surface area contributed by atoms with Crippen LogP contribution in [0.4, 0.5) is 5.82 Å². The van der Waals surface area contributed by atoms with Gasteiger partial charge >= 0.3 is 0 Å². The monoisotopic (exact) mass is 284 g/mol.